The van der Waals surface area contributed by atoms with Crippen molar-refractivity contribution in [2.24, 2.45) is 0 Å². The van der Waals surface area contributed by atoms with Gasteiger partial charge in [-0.25, -0.2) is 0 Å². The van der Waals surface area contributed by atoms with Crippen LogP contribution in [0.15, 0.2) is 41.2 Å². The molecule has 1 aliphatic rings. The summed E-state index contributed by atoms with van der Waals surface area (Å²) in [6.07, 6.45) is 3.19. The van der Waals surface area contributed by atoms with Gasteiger partial charge in [-0.15, -0.1) is 0 Å². The molecule has 0 bridgehead atoms. The van der Waals surface area contributed by atoms with Gasteiger partial charge < -0.3 is 9.30 Å². The highest BCUT2D eigenvalue weighted by molar-refractivity contribution is 5.61. The number of benzene rings is 1. The normalized spacial score (nSPS) is 13.6. The van der Waals surface area contributed by atoms with Crippen LogP contribution in [0.4, 0.5) is 0 Å². The summed E-state index contributed by atoms with van der Waals surface area (Å²) >= 11 is 0. The highest BCUT2D eigenvalue weighted by Gasteiger charge is 2.27. The molecular formula is C19H20N2O2. The Kier molecular flexibility index (Phi) is 4.47. The van der Waals surface area contributed by atoms with Gasteiger partial charge in [-0.05, 0) is 55.2 Å². The van der Waals surface area contributed by atoms with E-state index in [1.54, 1.807) is 6.07 Å². The largest absolute Gasteiger partial charge is 0.494 e. The van der Waals surface area contributed by atoms with Gasteiger partial charge in [0, 0.05) is 11.6 Å². The van der Waals surface area contributed by atoms with Crippen molar-refractivity contribution < 1.29 is 4.74 Å². The van der Waals surface area contributed by atoms with Gasteiger partial charge in [0.15, 0.2) is 0 Å². The number of aromatic nitrogens is 1. The van der Waals surface area contributed by atoms with Gasteiger partial charge in [-0.2, -0.15) is 5.26 Å². The van der Waals surface area contributed by atoms with Gasteiger partial charge in [0.05, 0.1) is 24.8 Å². The van der Waals surface area contributed by atoms with E-state index in [-0.39, 0.29) is 18.0 Å². The first kappa shape index (κ1) is 15.4. The lowest BCUT2D eigenvalue weighted by molar-refractivity contribution is 0.317. The van der Waals surface area contributed by atoms with Gasteiger partial charge >= 0.3 is 0 Å². The zero-order chi connectivity index (χ0) is 16.2. The number of pyridine rings is 1. The van der Waals surface area contributed by atoms with Gasteiger partial charge in [-0.3, -0.25) is 4.79 Å². The first-order valence-electron chi connectivity index (χ1n) is 8.09. The first-order valence-corrected chi connectivity index (χ1v) is 8.09. The van der Waals surface area contributed by atoms with E-state index in [9.17, 15) is 4.79 Å². The predicted molar refractivity (Wildman–Crippen MR) is 89.5 cm³/mol. The third-order valence-electron chi connectivity index (χ3n) is 4.00. The second-order valence-electron chi connectivity index (χ2n) is 5.86. The molecule has 0 aliphatic heterocycles. The molecule has 1 aliphatic carbocycles. The van der Waals surface area contributed by atoms with Crippen LogP contribution in [-0.2, 0) is 6.42 Å². The van der Waals surface area contributed by atoms with Crippen molar-refractivity contribution in [2.75, 3.05) is 6.61 Å². The van der Waals surface area contributed by atoms with E-state index in [1.807, 2.05) is 34.9 Å². The van der Waals surface area contributed by atoms with Crippen molar-refractivity contribution in [3.63, 3.8) is 0 Å². The monoisotopic (exact) mass is 308 g/mol. The number of hydrogen-bond donors (Lipinski definition) is 0. The molecule has 0 amide bonds. The van der Waals surface area contributed by atoms with E-state index in [4.69, 9.17) is 10.00 Å². The predicted octanol–water partition coefficient (Wildman–Crippen LogP) is 3.71. The number of nitrogens with zero attached hydrogens (tertiary/aromatic N) is 2. The van der Waals surface area contributed by atoms with Gasteiger partial charge in [-0.1, -0.05) is 13.0 Å². The van der Waals surface area contributed by atoms with Crippen molar-refractivity contribution in [1.29, 1.82) is 5.26 Å². The Bertz CT molecular complexity index is 780. The summed E-state index contributed by atoms with van der Waals surface area (Å²) in [5.74, 6) is 0.844. The maximum absolute atomic E-state index is 12.6. The van der Waals surface area contributed by atoms with Gasteiger partial charge in [0.25, 0.3) is 5.56 Å². The summed E-state index contributed by atoms with van der Waals surface area (Å²) in [7, 11) is 0. The second kappa shape index (κ2) is 6.70. The van der Waals surface area contributed by atoms with Gasteiger partial charge in [0.2, 0.25) is 0 Å². The molecule has 1 aromatic heterocycles. The molecular weight excluding hydrogens is 288 g/mol. The summed E-state index contributed by atoms with van der Waals surface area (Å²) < 4.78 is 7.46. The Hall–Kier alpha value is -2.54. The first-order chi connectivity index (χ1) is 11.2. The Balaban J connectivity index is 1.97. The molecule has 118 valence electrons. The van der Waals surface area contributed by atoms with E-state index in [0.717, 1.165) is 36.3 Å². The Morgan fingerprint density at radius 2 is 1.96 bits per heavy atom. The minimum absolute atomic E-state index is 0.0298. The highest BCUT2D eigenvalue weighted by Crippen LogP contribution is 2.37. The van der Waals surface area contributed by atoms with Crippen molar-refractivity contribution in [2.45, 2.75) is 38.6 Å². The van der Waals surface area contributed by atoms with Gasteiger partial charge in [0.1, 0.15) is 5.75 Å². The van der Waals surface area contributed by atoms with Crippen molar-refractivity contribution in [1.82, 2.24) is 4.57 Å². The van der Waals surface area contributed by atoms with Crippen LogP contribution in [-0.4, -0.2) is 11.2 Å². The number of ether oxygens (including phenoxy) is 1. The van der Waals surface area contributed by atoms with E-state index in [0.29, 0.717) is 12.2 Å². The van der Waals surface area contributed by atoms with E-state index >= 15 is 0 Å². The quantitative estimate of drug-likeness (QED) is 0.817. The van der Waals surface area contributed by atoms with Crippen molar-refractivity contribution in [3.8, 4) is 23.1 Å². The Morgan fingerprint density at radius 3 is 2.57 bits per heavy atom. The molecule has 1 heterocycles. The van der Waals surface area contributed by atoms with E-state index < -0.39 is 0 Å². The second-order valence-corrected chi connectivity index (χ2v) is 5.86. The number of hydrogen-bond acceptors (Lipinski definition) is 3. The van der Waals surface area contributed by atoms with Crippen LogP contribution >= 0.6 is 0 Å². The van der Waals surface area contributed by atoms with Crippen LogP contribution in [0.25, 0.3) is 11.3 Å². The molecule has 3 rings (SSSR count). The van der Waals surface area contributed by atoms with E-state index in [1.165, 1.54) is 0 Å². The molecule has 4 nitrogen and oxygen atoms in total. The maximum atomic E-state index is 12.6. The Labute approximate surface area is 135 Å². The lowest BCUT2D eigenvalue weighted by Crippen LogP contribution is -2.24. The summed E-state index contributed by atoms with van der Waals surface area (Å²) in [5.41, 5.74) is 2.46. The van der Waals surface area contributed by atoms with E-state index in [2.05, 4.69) is 13.0 Å². The average molecular weight is 308 g/mol. The molecule has 0 spiro atoms. The van der Waals surface area contributed by atoms with Crippen LogP contribution in [0.1, 0.15) is 37.8 Å². The van der Waals surface area contributed by atoms with Crippen LogP contribution in [0.3, 0.4) is 0 Å². The lowest BCUT2D eigenvalue weighted by atomic mass is 10.1. The maximum Gasteiger partial charge on any atom is 0.255 e. The molecule has 4 heteroatoms. The molecule has 1 aromatic carbocycles. The average Bonchev–Trinajstić information content (AvgIpc) is 3.40. The molecule has 0 N–H and O–H groups in total. The fraction of sp³-hybridized carbons (Fsp3) is 0.368. The van der Waals surface area contributed by atoms with Crippen LogP contribution in [0.5, 0.6) is 5.75 Å². The molecule has 0 radical (unpaired) electrons. The fourth-order valence-electron chi connectivity index (χ4n) is 2.69. The fourth-order valence-corrected chi connectivity index (χ4v) is 2.69. The van der Waals surface area contributed by atoms with Crippen LogP contribution in [0, 0.1) is 11.3 Å². The molecule has 1 saturated carbocycles. The van der Waals surface area contributed by atoms with Crippen LogP contribution < -0.4 is 10.3 Å². The summed E-state index contributed by atoms with van der Waals surface area (Å²) in [4.78, 5) is 12.6. The van der Waals surface area contributed by atoms with Crippen LogP contribution in [0.2, 0.25) is 0 Å². The van der Waals surface area contributed by atoms with Crippen molar-refractivity contribution >= 4 is 0 Å². The standard InChI is InChI=1S/C19H20N2O2/c1-2-13-23-17-8-3-14(4-9-17)18-10-5-15(11-12-20)19(22)21(18)16-6-7-16/h3-5,8-10,16H,2,6-7,11,13H2,1H3. The molecule has 0 saturated heterocycles. The number of rotatable bonds is 6. The minimum Gasteiger partial charge on any atom is -0.494 e. The molecule has 23 heavy (non-hydrogen) atoms. The number of nitriles is 1. The van der Waals surface area contributed by atoms with Crippen molar-refractivity contribution in [3.05, 3.63) is 52.3 Å². The zero-order valence-corrected chi connectivity index (χ0v) is 13.3. The smallest absolute Gasteiger partial charge is 0.255 e. The third-order valence-corrected chi connectivity index (χ3v) is 4.00. The topological polar surface area (TPSA) is 55.0 Å². The SMILES string of the molecule is CCCOc1ccc(-c2ccc(CC#N)c(=O)n2C2CC2)cc1. The lowest BCUT2D eigenvalue weighted by Gasteiger charge is -2.14. The minimum atomic E-state index is -0.0298. The summed E-state index contributed by atoms with van der Waals surface area (Å²) in [6.45, 7) is 2.78. The Morgan fingerprint density at radius 1 is 1.22 bits per heavy atom. The highest BCUT2D eigenvalue weighted by atomic mass is 16.5. The summed E-state index contributed by atoms with van der Waals surface area (Å²) in [6, 6.07) is 13.9. The summed E-state index contributed by atoms with van der Waals surface area (Å²) in [5, 5.41) is 8.86. The molecule has 0 unspecified atom stereocenters. The molecule has 0 atom stereocenters. The molecule has 1 fully saturated rings. The molecule has 2 aromatic rings. The zero-order valence-electron chi connectivity index (χ0n) is 13.3. The third kappa shape index (κ3) is 3.29.